The van der Waals surface area contributed by atoms with Crippen molar-refractivity contribution >= 4 is 39.1 Å². The van der Waals surface area contributed by atoms with Gasteiger partial charge in [-0.1, -0.05) is 41.4 Å². The number of benzene rings is 1. The predicted octanol–water partition coefficient (Wildman–Crippen LogP) is 3.18. The number of halogens is 2. The van der Waals surface area contributed by atoms with Crippen molar-refractivity contribution < 1.29 is 13.2 Å². The zero-order valence-corrected chi connectivity index (χ0v) is 16.0. The lowest BCUT2D eigenvalue weighted by molar-refractivity contribution is -0.137. The maximum atomic E-state index is 12.8. The topological polar surface area (TPSA) is 57.7 Å². The zero-order valence-electron chi connectivity index (χ0n) is 13.7. The van der Waals surface area contributed by atoms with Crippen LogP contribution in [0.15, 0.2) is 35.2 Å². The maximum absolute atomic E-state index is 12.8. The fourth-order valence-electron chi connectivity index (χ4n) is 3.25. The molecule has 1 amide bonds. The van der Waals surface area contributed by atoms with Crippen molar-refractivity contribution in [1.82, 2.24) is 9.21 Å². The Balaban J connectivity index is 1.68. The Morgan fingerprint density at radius 2 is 1.80 bits per heavy atom. The molecule has 1 aliphatic carbocycles. The van der Waals surface area contributed by atoms with Crippen LogP contribution in [0.4, 0.5) is 0 Å². The van der Waals surface area contributed by atoms with Crippen molar-refractivity contribution in [3.05, 3.63) is 40.4 Å². The Kier molecular flexibility index (Phi) is 5.73. The van der Waals surface area contributed by atoms with E-state index in [1.807, 2.05) is 6.08 Å². The molecule has 3 rings (SSSR count). The molecule has 136 valence electrons. The monoisotopic (exact) mass is 402 g/mol. The largest absolute Gasteiger partial charge is 0.340 e. The first-order valence-electron chi connectivity index (χ1n) is 8.29. The molecule has 1 fully saturated rings. The third-order valence-electron chi connectivity index (χ3n) is 4.70. The Morgan fingerprint density at radius 1 is 1.08 bits per heavy atom. The van der Waals surface area contributed by atoms with E-state index in [1.54, 1.807) is 17.0 Å². The summed E-state index contributed by atoms with van der Waals surface area (Å²) in [6.45, 7) is 1.33. The van der Waals surface area contributed by atoms with Crippen LogP contribution in [0, 0.1) is 5.92 Å². The lowest BCUT2D eigenvalue weighted by atomic mass is 9.93. The number of hydrogen-bond acceptors (Lipinski definition) is 3. The standard InChI is InChI=1S/C17H20Cl2N2O3S/c18-14-7-4-8-15(16(14)19)25(23,24)21-11-9-20(10-12-21)17(22)13-5-2-1-3-6-13/h1-2,4,7-8,13H,3,5-6,9-12H2. The quantitative estimate of drug-likeness (QED) is 0.729. The summed E-state index contributed by atoms with van der Waals surface area (Å²) in [4.78, 5) is 14.3. The molecule has 1 unspecified atom stereocenters. The molecule has 0 saturated carbocycles. The highest BCUT2D eigenvalue weighted by molar-refractivity contribution is 7.89. The first-order valence-corrected chi connectivity index (χ1v) is 10.5. The Morgan fingerprint density at radius 3 is 2.44 bits per heavy atom. The number of sulfonamides is 1. The summed E-state index contributed by atoms with van der Waals surface area (Å²) in [7, 11) is -3.72. The van der Waals surface area contributed by atoms with Crippen molar-refractivity contribution in [1.29, 1.82) is 0 Å². The van der Waals surface area contributed by atoms with Gasteiger partial charge in [-0.2, -0.15) is 4.31 Å². The molecule has 0 N–H and O–H groups in total. The van der Waals surface area contributed by atoms with Gasteiger partial charge < -0.3 is 4.90 Å². The van der Waals surface area contributed by atoms with Crippen molar-refractivity contribution in [2.45, 2.75) is 24.2 Å². The van der Waals surface area contributed by atoms with Crippen molar-refractivity contribution in [2.24, 2.45) is 5.92 Å². The zero-order chi connectivity index (χ0) is 18.0. The van der Waals surface area contributed by atoms with Crippen LogP contribution in [0.1, 0.15) is 19.3 Å². The minimum absolute atomic E-state index is 0.0128. The average Bonchev–Trinajstić information content (AvgIpc) is 2.64. The molecule has 0 aromatic heterocycles. The highest BCUT2D eigenvalue weighted by atomic mass is 35.5. The molecule has 8 heteroatoms. The summed E-state index contributed by atoms with van der Waals surface area (Å²) in [5.74, 6) is 0.151. The van der Waals surface area contributed by atoms with Gasteiger partial charge in [-0.05, 0) is 31.4 Å². The van der Waals surface area contributed by atoms with E-state index in [-0.39, 0.29) is 39.9 Å². The second-order valence-corrected chi connectivity index (χ2v) is 8.95. The Labute approximate surface area is 158 Å². The summed E-state index contributed by atoms with van der Waals surface area (Å²) >= 11 is 12.0. The van der Waals surface area contributed by atoms with E-state index in [2.05, 4.69) is 6.08 Å². The van der Waals surface area contributed by atoms with Gasteiger partial charge in [-0.15, -0.1) is 0 Å². The van der Waals surface area contributed by atoms with E-state index in [1.165, 1.54) is 10.4 Å². The van der Waals surface area contributed by atoms with Gasteiger partial charge in [-0.25, -0.2) is 8.42 Å². The molecule has 0 radical (unpaired) electrons. The van der Waals surface area contributed by atoms with Crippen molar-refractivity contribution in [3.63, 3.8) is 0 Å². The molecule has 0 spiro atoms. The molecule has 25 heavy (non-hydrogen) atoms. The van der Waals surface area contributed by atoms with Crippen LogP contribution >= 0.6 is 23.2 Å². The van der Waals surface area contributed by atoms with E-state index in [0.717, 1.165) is 19.3 Å². The second-order valence-electron chi connectivity index (χ2n) is 6.26. The number of allylic oxidation sites excluding steroid dienone is 2. The first-order chi connectivity index (χ1) is 11.9. The van der Waals surface area contributed by atoms with Gasteiger partial charge in [0.2, 0.25) is 15.9 Å². The van der Waals surface area contributed by atoms with Gasteiger partial charge >= 0.3 is 0 Å². The summed E-state index contributed by atoms with van der Waals surface area (Å²) < 4.78 is 27.0. The van der Waals surface area contributed by atoms with E-state index in [9.17, 15) is 13.2 Å². The molecule has 1 aromatic rings. The van der Waals surface area contributed by atoms with Crippen molar-refractivity contribution in [2.75, 3.05) is 26.2 Å². The summed E-state index contributed by atoms with van der Waals surface area (Å²) in [5, 5.41) is 0.249. The van der Waals surface area contributed by atoms with Gasteiger partial charge in [0.15, 0.2) is 0 Å². The molecule has 1 aromatic carbocycles. The van der Waals surface area contributed by atoms with Crippen LogP contribution in [-0.2, 0) is 14.8 Å². The predicted molar refractivity (Wildman–Crippen MR) is 98.3 cm³/mol. The van der Waals surface area contributed by atoms with Gasteiger partial charge in [-0.3, -0.25) is 4.79 Å². The lowest BCUT2D eigenvalue weighted by Crippen LogP contribution is -2.52. The van der Waals surface area contributed by atoms with Gasteiger partial charge in [0.25, 0.3) is 0 Å². The smallest absolute Gasteiger partial charge is 0.244 e. The SMILES string of the molecule is O=C(C1CC=CCC1)N1CCN(S(=O)(=O)c2cccc(Cl)c2Cl)CC1. The molecular weight excluding hydrogens is 383 g/mol. The van der Waals surface area contributed by atoms with E-state index >= 15 is 0 Å². The van der Waals surface area contributed by atoms with Crippen LogP contribution in [0.25, 0.3) is 0 Å². The van der Waals surface area contributed by atoms with Crippen LogP contribution in [0.2, 0.25) is 10.0 Å². The number of nitrogens with zero attached hydrogens (tertiary/aromatic N) is 2. The molecular formula is C17H20Cl2N2O3S. The molecule has 1 atom stereocenters. The summed E-state index contributed by atoms with van der Waals surface area (Å²) in [5.41, 5.74) is 0. The Bertz CT molecular complexity index is 787. The van der Waals surface area contributed by atoms with Gasteiger partial charge in [0, 0.05) is 32.1 Å². The number of rotatable bonds is 3. The number of amides is 1. The minimum atomic E-state index is -3.72. The van der Waals surface area contributed by atoms with Crippen LogP contribution < -0.4 is 0 Å². The third-order valence-corrected chi connectivity index (χ3v) is 7.57. The van der Waals surface area contributed by atoms with Crippen LogP contribution in [0.3, 0.4) is 0 Å². The number of carbonyl (C=O) groups excluding carboxylic acids is 1. The molecule has 5 nitrogen and oxygen atoms in total. The maximum Gasteiger partial charge on any atom is 0.244 e. The van der Waals surface area contributed by atoms with Gasteiger partial charge in [0.05, 0.1) is 10.0 Å². The minimum Gasteiger partial charge on any atom is -0.340 e. The highest BCUT2D eigenvalue weighted by Gasteiger charge is 2.33. The van der Waals surface area contributed by atoms with Crippen LogP contribution in [-0.4, -0.2) is 49.7 Å². The summed E-state index contributed by atoms with van der Waals surface area (Å²) in [6.07, 6.45) is 6.72. The molecule has 1 saturated heterocycles. The number of carbonyl (C=O) groups is 1. The average molecular weight is 403 g/mol. The van der Waals surface area contributed by atoms with E-state index in [4.69, 9.17) is 23.2 Å². The molecule has 1 aliphatic heterocycles. The van der Waals surface area contributed by atoms with Crippen LogP contribution in [0.5, 0.6) is 0 Å². The third kappa shape index (κ3) is 3.87. The lowest BCUT2D eigenvalue weighted by Gasteiger charge is -2.36. The van der Waals surface area contributed by atoms with E-state index < -0.39 is 10.0 Å². The highest BCUT2D eigenvalue weighted by Crippen LogP contribution is 2.31. The van der Waals surface area contributed by atoms with Gasteiger partial charge in [0.1, 0.15) is 4.90 Å². The molecule has 0 bridgehead atoms. The number of hydrogen-bond donors (Lipinski definition) is 0. The molecule has 1 heterocycles. The fourth-order valence-corrected chi connectivity index (χ4v) is 5.41. The molecule has 2 aliphatic rings. The normalized spacial score (nSPS) is 22.2. The first kappa shape index (κ1) is 18.7. The fraction of sp³-hybridized carbons (Fsp3) is 0.471. The van der Waals surface area contributed by atoms with Crippen molar-refractivity contribution in [3.8, 4) is 0 Å². The summed E-state index contributed by atoms with van der Waals surface area (Å²) in [6, 6.07) is 4.57. The number of piperazine rings is 1. The second kappa shape index (κ2) is 7.66. The van der Waals surface area contributed by atoms with E-state index in [0.29, 0.717) is 13.1 Å². The Hall–Kier alpha value is -1.08.